The van der Waals surface area contributed by atoms with Crippen molar-refractivity contribution in [1.82, 2.24) is 14.5 Å². The number of hydrogen-bond donors (Lipinski definition) is 0. The zero-order valence-corrected chi connectivity index (χ0v) is 18.7. The molecule has 5 nitrogen and oxygen atoms in total. The molecule has 1 aromatic carbocycles. The van der Waals surface area contributed by atoms with Gasteiger partial charge in [-0.15, -0.1) is 0 Å². The SMILES string of the molecule is Cc1ccc2c(c1)c1c(n2CCc2ccc(C)nc2)CCN(C(=O)OC(C)(C)C)C1. The number of amides is 1. The van der Waals surface area contributed by atoms with E-state index in [2.05, 4.69) is 46.8 Å². The van der Waals surface area contributed by atoms with Crippen LogP contribution in [0.25, 0.3) is 10.9 Å². The Kier molecular flexibility index (Phi) is 5.31. The van der Waals surface area contributed by atoms with E-state index in [9.17, 15) is 4.79 Å². The normalized spacial score (nSPS) is 14.1. The van der Waals surface area contributed by atoms with Crippen molar-refractivity contribution < 1.29 is 9.53 Å². The average Bonchev–Trinajstić information content (AvgIpc) is 2.98. The number of ether oxygens (including phenoxy) is 1. The van der Waals surface area contributed by atoms with Crippen LogP contribution in [0.2, 0.25) is 0 Å². The topological polar surface area (TPSA) is 47.4 Å². The number of nitrogens with zero attached hydrogens (tertiary/aromatic N) is 3. The van der Waals surface area contributed by atoms with Gasteiger partial charge in [0, 0.05) is 53.6 Å². The van der Waals surface area contributed by atoms with Crippen LogP contribution in [-0.4, -0.2) is 32.7 Å². The highest BCUT2D eigenvalue weighted by Gasteiger charge is 2.29. The standard InChI is InChI=1S/C25H31N3O2/c1-17-6-9-22-20(14-17)21-16-27(24(29)30-25(3,4)5)12-11-23(21)28(22)13-10-19-8-7-18(2)26-15-19/h6-9,14-15H,10-13,16H2,1-5H3. The van der Waals surface area contributed by atoms with Crippen molar-refractivity contribution in [2.75, 3.05) is 6.54 Å². The number of aryl methyl sites for hydroxylation is 4. The molecule has 4 rings (SSSR count). The minimum absolute atomic E-state index is 0.229. The molecule has 3 heterocycles. The highest BCUT2D eigenvalue weighted by Crippen LogP contribution is 2.32. The summed E-state index contributed by atoms with van der Waals surface area (Å²) in [6, 6.07) is 10.9. The van der Waals surface area contributed by atoms with E-state index in [-0.39, 0.29) is 6.09 Å². The van der Waals surface area contributed by atoms with Gasteiger partial charge in [-0.05, 0) is 64.8 Å². The van der Waals surface area contributed by atoms with E-state index in [1.807, 2.05) is 38.8 Å². The van der Waals surface area contributed by atoms with Gasteiger partial charge in [0.25, 0.3) is 0 Å². The summed E-state index contributed by atoms with van der Waals surface area (Å²) in [5.41, 5.74) is 6.89. The van der Waals surface area contributed by atoms with Crippen molar-refractivity contribution >= 4 is 17.0 Å². The second kappa shape index (κ2) is 7.78. The molecule has 2 aromatic heterocycles. The van der Waals surface area contributed by atoms with Gasteiger partial charge in [0.05, 0.1) is 6.54 Å². The lowest BCUT2D eigenvalue weighted by Crippen LogP contribution is -2.40. The van der Waals surface area contributed by atoms with Crippen molar-refractivity contribution in [3.8, 4) is 0 Å². The van der Waals surface area contributed by atoms with Crippen molar-refractivity contribution in [1.29, 1.82) is 0 Å². The van der Waals surface area contributed by atoms with E-state index in [0.717, 1.165) is 25.1 Å². The summed E-state index contributed by atoms with van der Waals surface area (Å²) >= 11 is 0. The fourth-order valence-corrected chi connectivity index (χ4v) is 4.19. The van der Waals surface area contributed by atoms with Crippen LogP contribution in [0.5, 0.6) is 0 Å². The second-order valence-corrected chi connectivity index (χ2v) is 9.31. The quantitative estimate of drug-likeness (QED) is 0.602. The summed E-state index contributed by atoms with van der Waals surface area (Å²) in [6.07, 6.45) is 3.52. The molecule has 30 heavy (non-hydrogen) atoms. The number of hydrogen-bond acceptors (Lipinski definition) is 3. The van der Waals surface area contributed by atoms with Gasteiger partial charge in [-0.2, -0.15) is 0 Å². The molecule has 0 saturated heterocycles. The minimum atomic E-state index is -0.482. The Labute approximate surface area is 178 Å². The molecule has 0 saturated carbocycles. The van der Waals surface area contributed by atoms with Crippen molar-refractivity contribution in [2.24, 2.45) is 0 Å². The molecule has 0 unspecified atom stereocenters. The van der Waals surface area contributed by atoms with Gasteiger partial charge in [-0.3, -0.25) is 4.98 Å². The molecule has 3 aromatic rings. The number of aromatic nitrogens is 2. The van der Waals surface area contributed by atoms with Crippen LogP contribution in [0.4, 0.5) is 4.79 Å². The van der Waals surface area contributed by atoms with Gasteiger partial charge in [0.1, 0.15) is 5.60 Å². The number of pyridine rings is 1. The zero-order valence-electron chi connectivity index (χ0n) is 18.7. The summed E-state index contributed by atoms with van der Waals surface area (Å²) in [7, 11) is 0. The lowest BCUT2D eigenvalue weighted by atomic mass is 10.0. The molecule has 0 spiro atoms. The fraction of sp³-hybridized carbons (Fsp3) is 0.440. The van der Waals surface area contributed by atoms with Crippen molar-refractivity contribution in [3.05, 3.63) is 64.6 Å². The minimum Gasteiger partial charge on any atom is -0.444 e. The lowest BCUT2D eigenvalue weighted by molar-refractivity contribution is 0.0223. The summed E-state index contributed by atoms with van der Waals surface area (Å²) in [5.74, 6) is 0. The molecular weight excluding hydrogens is 374 g/mol. The Balaban J connectivity index is 1.65. The number of carbonyl (C=O) groups excluding carboxylic acids is 1. The molecule has 0 aliphatic carbocycles. The molecule has 0 N–H and O–H groups in total. The van der Waals surface area contributed by atoms with Gasteiger partial charge < -0.3 is 14.2 Å². The zero-order chi connectivity index (χ0) is 21.5. The Bertz CT molecular complexity index is 1070. The smallest absolute Gasteiger partial charge is 0.410 e. The van der Waals surface area contributed by atoms with E-state index < -0.39 is 5.60 Å². The predicted octanol–water partition coefficient (Wildman–Crippen LogP) is 5.19. The molecule has 158 valence electrons. The first-order chi connectivity index (χ1) is 14.2. The predicted molar refractivity (Wildman–Crippen MR) is 120 cm³/mol. The molecule has 0 bridgehead atoms. The van der Waals surface area contributed by atoms with Gasteiger partial charge in [0.15, 0.2) is 0 Å². The van der Waals surface area contributed by atoms with Crippen molar-refractivity contribution in [2.45, 2.75) is 66.2 Å². The molecule has 0 atom stereocenters. The Morgan fingerprint density at radius 1 is 1.17 bits per heavy atom. The highest BCUT2D eigenvalue weighted by molar-refractivity contribution is 5.87. The number of benzene rings is 1. The summed E-state index contributed by atoms with van der Waals surface area (Å²) in [6.45, 7) is 12.1. The van der Waals surface area contributed by atoms with Gasteiger partial charge in [-0.1, -0.05) is 17.7 Å². The Hall–Kier alpha value is -2.82. The molecule has 1 amide bonds. The maximum atomic E-state index is 12.7. The van der Waals surface area contributed by atoms with Crippen LogP contribution in [0.3, 0.4) is 0 Å². The number of fused-ring (bicyclic) bond motifs is 3. The summed E-state index contributed by atoms with van der Waals surface area (Å²) in [5, 5.41) is 1.25. The first-order valence-corrected chi connectivity index (χ1v) is 10.7. The molecule has 1 aliphatic heterocycles. The van der Waals surface area contributed by atoms with Crippen LogP contribution in [0.15, 0.2) is 36.5 Å². The van der Waals surface area contributed by atoms with Gasteiger partial charge in [0.2, 0.25) is 0 Å². The van der Waals surface area contributed by atoms with E-state index in [4.69, 9.17) is 4.74 Å². The third-order valence-corrected chi connectivity index (χ3v) is 5.66. The maximum Gasteiger partial charge on any atom is 0.410 e. The summed E-state index contributed by atoms with van der Waals surface area (Å²) < 4.78 is 8.06. The first kappa shape index (κ1) is 20.5. The highest BCUT2D eigenvalue weighted by atomic mass is 16.6. The lowest BCUT2D eigenvalue weighted by Gasteiger charge is -2.30. The third kappa shape index (κ3) is 4.20. The number of carbonyl (C=O) groups is 1. The first-order valence-electron chi connectivity index (χ1n) is 10.7. The largest absolute Gasteiger partial charge is 0.444 e. The van der Waals surface area contributed by atoms with Crippen LogP contribution in [0, 0.1) is 13.8 Å². The molecular formula is C25H31N3O2. The number of rotatable bonds is 3. The van der Waals surface area contributed by atoms with Crippen LogP contribution in [0.1, 0.15) is 48.8 Å². The molecule has 5 heteroatoms. The Morgan fingerprint density at radius 2 is 1.97 bits per heavy atom. The monoisotopic (exact) mass is 405 g/mol. The van der Waals surface area contributed by atoms with E-state index in [0.29, 0.717) is 13.1 Å². The van der Waals surface area contributed by atoms with Crippen LogP contribution < -0.4 is 0 Å². The summed E-state index contributed by atoms with van der Waals surface area (Å²) in [4.78, 5) is 18.9. The van der Waals surface area contributed by atoms with E-state index in [1.165, 1.54) is 33.3 Å². The Morgan fingerprint density at radius 3 is 2.67 bits per heavy atom. The maximum absolute atomic E-state index is 12.7. The average molecular weight is 406 g/mol. The van der Waals surface area contributed by atoms with Gasteiger partial charge >= 0.3 is 6.09 Å². The molecule has 0 fully saturated rings. The van der Waals surface area contributed by atoms with E-state index >= 15 is 0 Å². The third-order valence-electron chi connectivity index (χ3n) is 5.66. The van der Waals surface area contributed by atoms with Crippen LogP contribution >= 0.6 is 0 Å². The van der Waals surface area contributed by atoms with Gasteiger partial charge in [-0.25, -0.2) is 4.79 Å². The molecule has 1 aliphatic rings. The van der Waals surface area contributed by atoms with Crippen LogP contribution in [-0.2, 0) is 30.7 Å². The van der Waals surface area contributed by atoms with E-state index in [1.54, 1.807) is 0 Å². The fourth-order valence-electron chi connectivity index (χ4n) is 4.19. The van der Waals surface area contributed by atoms with Crippen molar-refractivity contribution in [3.63, 3.8) is 0 Å². The second-order valence-electron chi connectivity index (χ2n) is 9.31. The molecule has 0 radical (unpaired) electrons.